The Labute approximate surface area is 88.4 Å². The zero-order valence-corrected chi connectivity index (χ0v) is 8.49. The van der Waals surface area contributed by atoms with Crippen molar-refractivity contribution in [2.75, 3.05) is 6.61 Å². The quantitative estimate of drug-likeness (QED) is 0.387. The number of aliphatic hydroxyl groups excluding tert-OH is 1. The van der Waals surface area contributed by atoms with Gasteiger partial charge in [-0.25, -0.2) is 0 Å². The molecule has 5 N–H and O–H groups in total. The first-order valence-corrected chi connectivity index (χ1v) is 5.00. The predicted octanol–water partition coefficient (Wildman–Crippen LogP) is -0.825. The van der Waals surface area contributed by atoms with Gasteiger partial charge in [0.2, 0.25) is 0 Å². The molecule has 0 saturated carbocycles. The van der Waals surface area contributed by atoms with Gasteiger partial charge in [-0.2, -0.15) is 21.6 Å². The molecule has 1 unspecified atom stereocenters. The molecule has 0 spiro atoms. The van der Waals surface area contributed by atoms with Crippen molar-refractivity contribution in [3.8, 4) is 0 Å². The minimum Gasteiger partial charge on any atom is -0.480 e. The number of hydrogen-bond donors (Lipinski definition) is 4. The Bertz CT molecular complexity index is 313. The number of aliphatic carboxylic acids is 1. The highest BCUT2D eigenvalue weighted by Crippen LogP contribution is 2.20. The molecule has 0 aliphatic rings. The minimum atomic E-state index is -5.84. The molecule has 0 aromatic heterocycles. The van der Waals surface area contributed by atoms with Crippen molar-refractivity contribution < 1.29 is 41.1 Å². The maximum absolute atomic E-state index is 10.7. The van der Waals surface area contributed by atoms with E-state index in [0.717, 1.165) is 0 Å². The first-order valence-electron chi connectivity index (χ1n) is 3.56. The number of rotatable bonds is 3. The summed E-state index contributed by atoms with van der Waals surface area (Å²) in [5, 5.41) is 16.2. The van der Waals surface area contributed by atoms with Gasteiger partial charge in [-0.3, -0.25) is 9.35 Å². The molecule has 0 heterocycles. The lowest BCUT2D eigenvalue weighted by atomic mass is 10.2. The minimum absolute atomic E-state index is 0.120. The zero-order valence-electron chi connectivity index (χ0n) is 7.68. The standard InChI is InChI=1S/C4H9NO3.CHF3O3S/c5-3(1-2-6)4(7)8;2-1(3,4)8(5,6)7/h3,6H,1-2,5H2,(H,7,8);(H,5,6,7). The highest BCUT2D eigenvalue weighted by atomic mass is 32.2. The normalized spacial score (nSPS) is 13.6. The molecule has 0 saturated heterocycles. The van der Waals surface area contributed by atoms with Crippen molar-refractivity contribution in [3.63, 3.8) is 0 Å². The zero-order chi connectivity index (χ0) is 13.6. The Balaban J connectivity index is 0. The third kappa shape index (κ3) is 8.40. The molecule has 0 aromatic rings. The second-order valence-electron chi connectivity index (χ2n) is 2.38. The van der Waals surface area contributed by atoms with Crippen LogP contribution in [0.25, 0.3) is 0 Å². The fourth-order valence-corrected chi connectivity index (χ4v) is 0.263. The number of carboxylic acid groups (broad SMARTS) is 1. The first kappa shape index (κ1) is 17.5. The number of alkyl halides is 3. The molecule has 0 aliphatic carbocycles. The van der Waals surface area contributed by atoms with Gasteiger partial charge in [0.1, 0.15) is 6.04 Å². The van der Waals surface area contributed by atoms with Crippen molar-refractivity contribution in [2.24, 2.45) is 5.73 Å². The highest BCUT2D eigenvalue weighted by Gasteiger charge is 2.44. The van der Waals surface area contributed by atoms with Crippen LogP contribution in [-0.4, -0.2) is 47.3 Å². The Morgan fingerprint density at radius 3 is 1.75 bits per heavy atom. The van der Waals surface area contributed by atoms with Crippen LogP contribution in [-0.2, 0) is 14.9 Å². The predicted molar refractivity (Wildman–Crippen MR) is 44.9 cm³/mol. The second-order valence-corrected chi connectivity index (χ2v) is 3.79. The first-order chi connectivity index (χ1) is 6.93. The van der Waals surface area contributed by atoms with Gasteiger partial charge in [0, 0.05) is 6.61 Å². The third-order valence-electron chi connectivity index (χ3n) is 1.05. The van der Waals surface area contributed by atoms with Gasteiger partial charge in [-0.05, 0) is 6.42 Å². The Hall–Kier alpha value is -0.910. The summed E-state index contributed by atoms with van der Waals surface area (Å²) >= 11 is 0. The van der Waals surface area contributed by atoms with Crippen LogP contribution in [0.2, 0.25) is 0 Å². The van der Waals surface area contributed by atoms with Gasteiger partial charge in [-0.15, -0.1) is 0 Å². The van der Waals surface area contributed by atoms with Crippen LogP contribution in [0.5, 0.6) is 0 Å². The molecule has 1 atom stereocenters. The molecule has 16 heavy (non-hydrogen) atoms. The Kier molecular flexibility index (Phi) is 7.24. The van der Waals surface area contributed by atoms with Crippen molar-refractivity contribution in [1.82, 2.24) is 0 Å². The summed E-state index contributed by atoms with van der Waals surface area (Å²) < 4.78 is 57.5. The number of hydrogen-bond acceptors (Lipinski definition) is 5. The molecular formula is C5H10F3NO6S. The number of carbonyl (C=O) groups is 1. The van der Waals surface area contributed by atoms with E-state index in [1.165, 1.54) is 0 Å². The van der Waals surface area contributed by atoms with E-state index in [9.17, 15) is 18.0 Å². The van der Waals surface area contributed by atoms with Crippen LogP contribution in [0.3, 0.4) is 0 Å². The van der Waals surface area contributed by atoms with Gasteiger partial charge >= 0.3 is 21.6 Å². The maximum Gasteiger partial charge on any atom is 0.522 e. The molecule has 0 radical (unpaired) electrons. The van der Waals surface area contributed by atoms with Crippen molar-refractivity contribution in [2.45, 2.75) is 18.0 Å². The van der Waals surface area contributed by atoms with E-state index in [-0.39, 0.29) is 13.0 Å². The number of halogens is 3. The van der Waals surface area contributed by atoms with E-state index in [2.05, 4.69) is 0 Å². The lowest BCUT2D eigenvalue weighted by Crippen LogP contribution is -2.30. The number of carboxylic acids is 1. The summed E-state index contributed by atoms with van der Waals surface area (Å²) in [5.41, 5.74) is -0.567. The Morgan fingerprint density at radius 1 is 1.38 bits per heavy atom. The fraction of sp³-hybridized carbons (Fsp3) is 0.800. The van der Waals surface area contributed by atoms with Crippen molar-refractivity contribution in [1.29, 1.82) is 0 Å². The SMILES string of the molecule is NC(CCO)C(=O)O.O=S(=O)(O)C(F)(F)F. The van der Waals surface area contributed by atoms with Crippen LogP contribution in [0.4, 0.5) is 13.2 Å². The summed E-state index contributed by atoms with van der Waals surface area (Å²) in [7, 11) is -5.84. The molecule has 0 aliphatic heterocycles. The second kappa shape index (κ2) is 6.62. The summed E-state index contributed by atoms with van der Waals surface area (Å²) in [6, 6.07) is -0.917. The number of aliphatic hydroxyl groups is 1. The lowest BCUT2D eigenvalue weighted by molar-refractivity contribution is -0.138. The average Bonchev–Trinajstić information content (AvgIpc) is 2.01. The smallest absolute Gasteiger partial charge is 0.480 e. The van der Waals surface area contributed by atoms with Crippen molar-refractivity contribution >= 4 is 16.1 Å². The largest absolute Gasteiger partial charge is 0.522 e. The summed E-state index contributed by atoms with van der Waals surface area (Å²) in [5.74, 6) is -1.07. The molecule has 0 bridgehead atoms. The van der Waals surface area contributed by atoms with Crippen LogP contribution in [0, 0.1) is 0 Å². The van der Waals surface area contributed by atoms with E-state index in [1.807, 2.05) is 0 Å². The maximum atomic E-state index is 10.7. The van der Waals surface area contributed by atoms with E-state index in [4.69, 9.17) is 28.9 Å². The third-order valence-corrected chi connectivity index (χ3v) is 1.63. The van der Waals surface area contributed by atoms with Gasteiger partial charge in [0.05, 0.1) is 0 Å². The summed E-state index contributed by atoms with van der Waals surface area (Å²) in [4.78, 5) is 9.85. The van der Waals surface area contributed by atoms with Crippen LogP contribution in [0.1, 0.15) is 6.42 Å². The fourth-order valence-electron chi connectivity index (χ4n) is 0.263. The molecule has 0 aromatic carbocycles. The molecule has 98 valence electrons. The Morgan fingerprint density at radius 2 is 1.69 bits per heavy atom. The van der Waals surface area contributed by atoms with Gasteiger partial charge < -0.3 is 15.9 Å². The monoisotopic (exact) mass is 269 g/mol. The molecule has 7 nitrogen and oxygen atoms in total. The molecular weight excluding hydrogens is 259 g/mol. The van der Waals surface area contributed by atoms with Crippen LogP contribution >= 0.6 is 0 Å². The topological polar surface area (TPSA) is 138 Å². The summed E-state index contributed by atoms with van der Waals surface area (Å²) in [6.45, 7) is -0.173. The summed E-state index contributed by atoms with van der Waals surface area (Å²) in [6.07, 6.45) is 0.120. The molecule has 0 fully saturated rings. The lowest BCUT2D eigenvalue weighted by Gasteiger charge is -2.00. The molecule has 0 amide bonds. The molecule has 11 heteroatoms. The van der Waals surface area contributed by atoms with Crippen LogP contribution < -0.4 is 5.73 Å². The molecule has 0 rings (SSSR count). The van der Waals surface area contributed by atoms with Gasteiger partial charge in [-0.1, -0.05) is 0 Å². The van der Waals surface area contributed by atoms with Crippen molar-refractivity contribution in [3.05, 3.63) is 0 Å². The van der Waals surface area contributed by atoms with E-state index in [1.54, 1.807) is 0 Å². The van der Waals surface area contributed by atoms with E-state index < -0.39 is 27.6 Å². The van der Waals surface area contributed by atoms with Crippen LogP contribution in [0.15, 0.2) is 0 Å². The highest BCUT2D eigenvalue weighted by molar-refractivity contribution is 7.86. The van der Waals surface area contributed by atoms with E-state index in [0.29, 0.717) is 0 Å². The number of nitrogens with two attached hydrogens (primary N) is 1. The van der Waals surface area contributed by atoms with Gasteiger partial charge in [0.25, 0.3) is 0 Å². The average molecular weight is 269 g/mol. The van der Waals surface area contributed by atoms with Gasteiger partial charge in [0.15, 0.2) is 0 Å². The van der Waals surface area contributed by atoms with E-state index >= 15 is 0 Å².